The van der Waals surface area contributed by atoms with Crippen LogP contribution < -0.4 is 15.5 Å². The second-order valence-electron chi connectivity index (χ2n) is 12.8. The van der Waals surface area contributed by atoms with Crippen molar-refractivity contribution in [3.8, 4) is 35.4 Å². The van der Waals surface area contributed by atoms with Gasteiger partial charge in [0.1, 0.15) is 17.7 Å². The molecule has 10 nitrogen and oxygen atoms in total. The number of azo groups is 1. The molecule has 0 atom stereocenters. The number of rotatable bonds is 10. The summed E-state index contributed by atoms with van der Waals surface area (Å²) in [6, 6.07) is 52.2. The molecule has 56 heavy (non-hydrogen) atoms. The molecule has 1 aliphatic carbocycles. The van der Waals surface area contributed by atoms with Crippen molar-refractivity contribution >= 4 is 45.7 Å². The van der Waals surface area contributed by atoms with Crippen LogP contribution in [0, 0.1) is 45.3 Å². The second-order valence-corrected chi connectivity index (χ2v) is 12.8. The number of allylic oxidation sites excluding steroid dienone is 1. The Morgan fingerprint density at radius 3 is 1.66 bits per heavy atom. The van der Waals surface area contributed by atoms with Crippen LogP contribution in [0.15, 0.2) is 155 Å². The first-order valence-electron chi connectivity index (χ1n) is 17.6. The van der Waals surface area contributed by atoms with Crippen LogP contribution in [0.5, 0.6) is 0 Å². The van der Waals surface area contributed by atoms with Gasteiger partial charge in [0.05, 0.1) is 36.4 Å². The molecule has 0 saturated carbocycles. The second kappa shape index (κ2) is 16.6. The van der Waals surface area contributed by atoms with Crippen molar-refractivity contribution in [1.29, 1.82) is 21.0 Å². The van der Waals surface area contributed by atoms with Gasteiger partial charge in [-0.2, -0.15) is 31.3 Å². The number of fused-ring (bicyclic) bond motifs is 3. The standard InChI is InChI=1S/C46H31N9O/c47-21-19-31-23-32(20-22-48)25-33(24-31)30-51-46(56)52-36-13-17-41-43(26-36)44-27-37(14-18-42(44)45(41)34(28-49)29-50)54-53-35-11-15-40(16-12-35)55(38-7-3-1-4-8-38)39-9-5-2-6-10-39/h1-18,23-27H,19-20,30H2,(H2,51,52,56)/b54-53+. The van der Waals surface area contributed by atoms with Crippen molar-refractivity contribution in [2.45, 2.75) is 19.4 Å². The van der Waals surface area contributed by atoms with Gasteiger partial charge in [-0.1, -0.05) is 66.7 Å². The molecule has 2 amide bonds. The van der Waals surface area contributed by atoms with E-state index in [0.717, 1.165) is 44.9 Å². The number of carbonyl (C=O) groups is 1. The molecule has 0 fully saturated rings. The Morgan fingerprint density at radius 1 is 0.554 bits per heavy atom. The molecule has 0 unspecified atom stereocenters. The van der Waals surface area contributed by atoms with E-state index in [1.54, 1.807) is 24.3 Å². The zero-order chi connectivity index (χ0) is 38.9. The molecule has 2 N–H and O–H groups in total. The van der Waals surface area contributed by atoms with Gasteiger partial charge in [-0.05, 0) is 112 Å². The molecule has 6 aromatic carbocycles. The number of nitrogens with zero attached hydrogens (tertiary/aromatic N) is 7. The molecular weight excluding hydrogens is 695 g/mol. The lowest BCUT2D eigenvalue weighted by Crippen LogP contribution is -2.28. The number of anilines is 4. The topological polar surface area (TPSA) is 164 Å². The smallest absolute Gasteiger partial charge is 0.319 e. The van der Waals surface area contributed by atoms with Gasteiger partial charge < -0.3 is 15.5 Å². The number of benzene rings is 6. The fraction of sp³-hybridized carbons (Fsp3) is 0.0652. The minimum atomic E-state index is -0.453. The van der Waals surface area contributed by atoms with Crippen LogP contribution >= 0.6 is 0 Å². The van der Waals surface area contributed by atoms with E-state index in [-0.39, 0.29) is 25.0 Å². The van der Waals surface area contributed by atoms with Crippen molar-refractivity contribution in [2.75, 3.05) is 10.2 Å². The van der Waals surface area contributed by atoms with Gasteiger partial charge in [0.15, 0.2) is 0 Å². The Morgan fingerprint density at radius 2 is 1.07 bits per heavy atom. The summed E-state index contributed by atoms with van der Waals surface area (Å²) in [6.07, 6.45) is 0.397. The lowest BCUT2D eigenvalue weighted by molar-refractivity contribution is 0.251. The zero-order valence-electron chi connectivity index (χ0n) is 29.9. The van der Waals surface area contributed by atoms with E-state index in [2.05, 4.69) is 62.2 Å². The quantitative estimate of drug-likeness (QED) is 0.105. The third-order valence-corrected chi connectivity index (χ3v) is 9.13. The summed E-state index contributed by atoms with van der Waals surface area (Å²) in [5.74, 6) is 0. The third kappa shape index (κ3) is 7.87. The molecule has 0 aromatic heterocycles. The van der Waals surface area contributed by atoms with Crippen LogP contribution in [0.4, 0.5) is 38.9 Å². The Labute approximate surface area is 324 Å². The van der Waals surface area contributed by atoms with Gasteiger partial charge in [-0.15, -0.1) is 0 Å². The lowest BCUT2D eigenvalue weighted by Gasteiger charge is -2.25. The van der Waals surface area contributed by atoms with Crippen LogP contribution in [0.2, 0.25) is 0 Å². The maximum atomic E-state index is 13.0. The Bertz CT molecular complexity index is 2590. The minimum Gasteiger partial charge on any atom is -0.334 e. The summed E-state index contributed by atoms with van der Waals surface area (Å²) >= 11 is 0. The van der Waals surface area contributed by atoms with Crippen molar-refractivity contribution in [1.82, 2.24) is 5.32 Å². The van der Waals surface area contributed by atoms with E-state index in [9.17, 15) is 15.3 Å². The first-order valence-corrected chi connectivity index (χ1v) is 17.6. The number of hydrogen-bond acceptors (Lipinski definition) is 8. The van der Waals surface area contributed by atoms with Gasteiger partial charge in [0.2, 0.25) is 0 Å². The van der Waals surface area contributed by atoms with Crippen molar-refractivity contribution in [2.24, 2.45) is 10.2 Å². The van der Waals surface area contributed by atoms with Crippen LogP contribution in [-0.4, -0.2) is 6.03 Å². The van der Waals surface area contributed by atoms with Gasteiger partial charge in [0, 0.05) is 34.9 Å². The van der Waals surface area contributed by atoms with E-state index >= 15 is 0 Å². The van der Waals surface area contributed by atoms with E-state index in [1.807, 2.05) is 103 Å². The molecular formula is C46H31N9O. The van der Waals surface area contributed by atoms with Crippen LogP contribution in [0.25, 0.3) is 16.7 Å². The van der Waals surface area contributed by atoms with Crippen molar-refractivity contribution < 1.29 is 4.79 Å². The molecule has 0 bridgehead atoms. The van der Waals surface area contributed by atoms with Crippen molar-refractivity contribution in [3.05, 3.63) is 173 Å². The number of hydrogen-bond donors (Lipinski definition) is 2. The highest BCUT2D eigenvalue weighted by Gasteiger charge is 2.27. The SMILES string of the molecule is N#CCc1cc(CC#N)cc(CNC(=O)Nc2ccc3c(c2)-c2cc(/N=N/c4ccc(N(c5ccccc5)c5ccccc5)cc4)ccc2C3=C(C#N)C#N)c1. The molecule has 0 radical (unpaired) electrons. The molecule has 7 rings (SSSR count). The number of para-hydroxylation sites is 2. The Balaban J connectivity index is 1.12. The Kier molecular flexibility index (Phi) is 10.7. The Hall–Kier alpha value is -8.31. The zero-order valence-corrected chi connectivity index (χ0v) is 29.9. The number of carbonyl (C=O) groups excluding carboxylic acids is 1. The summed E-state index contributed by atoms with van der Waals surface area (Å²) in [5.41, 5.74) is 10.4. The van der Waals surface area contributed by atoms with Gasteiger partial charge in [0.25, 0.3) is 0 Å². The molecule has 266 valence electrons. The lowest BCUT2D eigenvalue weighted by atomic mass is 9.99. The van der Waals surface area contributed by atoms with E-state index < -0.39 is 6.03 Å². The largest absolute Gasteiger partial charge is 0.334 e. The molecule has 1 aliphatic rings. The van der Waals surface area contributed by atoms with Gasteiger partial charge in [-0.25, -0.2) is 4.79 Å². The first-order chi connectivity index (χ1) is 27.5. The first kappa shape index (κ1) is 36.1. The monoisotopic (exact) mass is 725 g/mol. The van der Waals surface area contributed by atoms with Crippen LogP contribution in [0.1, 0.15) is 27.8 Å². The molecule has 0 saturated heterocycles. The molecule has 0 spiro atoms. The summed E-state index contributed by atoms with van der Waals surface area (Å²) in [5, 5.41) is 52.8. The highest BCUT2D eigenvalue weighted by atomic mass is 16.2. The summed E-state index contributed by atoms with van der Waals surface area (Å²) in [7, 11) is 0. The molecule has 0 heterocycles. The minimum absolute atomic E-state index is 0.0210. The average Bonchev–Trinajstić information content (AvgIpc) is 3.54. The molecule has 10 heteroatoms. The molecule has 6 aromatic rings. The summed E-state index contributed by atoms with van der Waals surface area (Å²) in [6.45, 7) is 0.188. The third-order valence-electron chi connectivity index (χ3n) is 9.13. The highest BCUT2D eigenvalue weighted by Crippen LogP contribution is 2.48. The number of nitriles is 4. The maximum absolute atomic E-state index is 13.0. The molecule has 0 aliphatic heterocycles. The average molecular weight is 726 g/mol. The van der Waals surface area contributed by atoms with E-state index in [1.165, 1.54) is 0 Å². The van der Waals surface area contributed by atoms with E-state index in [4.69, 9.17) is 10.5 Å². The number of amides is 2. The number of urea groups is 1. The maximum Gasteiger partial charge on any atom is 0.319 e. The fourth-order valence-electron chi connectivity index (χ4n) is 6.72. The number of nitrogens with one attached hydrogen (secondary N) is 2. The normalized spacial score (nSPS) is 11.0. The van der Waals surface area contributed by atoms with Crippen LogP contribution in [0.3, 0.4) is 0 Å². The van der Waals surface area contributed by atoms with Gasteiger partial charge in [-0.3, -0.25) is 0 Å². The highest BCUT2D eigenvalue weighted by molar-refractivity contribution is 6.06. The fourth-order valence-corrected chi connectivity index (χ4v) is 6.72. The predicted molar refractivity (Wildman–Crippen MR) is 215 cm³/mol. The predicted octanol–water partition coefficient (Wildman–Crippen LogP) is 10.9. The summed E-state index contributed by atoms with van der Waals surface area (Å²) in [4.78, 5) is 15.2. The van der Waals surface area contributed by atoms with Gasteiger partial charge >= 0.3 is 6.03 Å². The van der Waals surface area contributed by atoms with E-state index in [0.29, 0.717) is 33.8 Å². The van der Waals surface area contributed by atoms with Crippen LogP contribution in [-0.2, 0) is 19.4 Å². The summed E-state index contributed by atoms with van der Waals surface area (Å²) < 4.78 is 0. The van der Waals surface area contributed by atoms with Crippen molar-refractivity contribution in [3.63, 3.8) is 0 Å².